The van der Waals surface area contributed by atoms with E-state index in [1.807, 2.05) is 0 Å². The van der Waals surface area contributed by atoms with Gasteiger partial charge >= 0.3 is 0 Å². The van der Waals surface area contributed by atoms with Crippen LogP contribution in [0.5, 0.6) is 0 Å². The normalized spacial score (nSPS) is 15.6. The highest BCUT2D eigenvalue weighted by molar-refractivity contribution is 7.83. The summed E-state index contributed by atoms with van der Waals surface area (Å²) in [5.41, 5.74) is 0.123. The van der Waals surface area contributed by atoms with E-state index in [-0.39, 0.29) is 5.54 Å². The molecule has 0 heterocycles. The molecule has 0 saturated carbocycles. The summed E-state index contributed by atoms with van der Waals surface area (Å²) < 4.78 is 0. The number of nitrogens with one attached hydrogen (secondary N) is 1. The second-order valence-electron chi connectivity index (χ2n) is 4.93. The first kappa shape index (κ1) is 14.7. The van der Waals surface area contributed by atoms with Gasteiger partial charge in [0.1, 0.15) is 0 Å². The van der Waals surface area contributed by atoms with Crippen LogP contribution in [0.2, 0.25) is 0 Å². The Morgan fingerprint density at radius 1 is 1.00 bits per heavy atom. The number of hydrogen-bond acceptors (Lipinski definition) is 1. The maximum atomic E-state index is 6.54. The molecule has 1 nitrogen and oxygen atoms in total. The second-order valence-corrected chi connectivity index (χ2v) is 7.68. The lowest BCUT2D eigenvalue weighted by atomic mass is 9.99. The van der Waals surface area contributed by atoms with Crippen LogP contribution >= 0.6 is 18.7 Å². The minimum atomic E-state index is -0.594. The van der Waals surface area contributed by atoms with E-state index in [1.54, 1.807) is 0 Å². The monoisotopic (exact) mass is 237 g/mol. The van der Waals surface area contributed by atoms with E-state index in [2.05, 4.69) is 46.6 Å². The van der Waals surface area contributed by atoms with Crippen LogP contribution < -0.4 is 5.09 Å². The van der Waals surface area contributed by atoms with E-state index < -0.39 is 7.43 Å². The fraction of sp³-hybridized carbons (Fsp3) is 1.00. The largest absolute Gasteiger partial charge is 0.278 e. The minimum absolute atomic E-state index is 0.123. The van der Waals surface area contributed by atoms with Crippen LogP contribution in [0.3, 0.4) is 0 Å². The molecule has 0 amide bonds. The van der Waals surface area contributed by atoms with Gasteiger partial charge in [0, 0.05) is 10.7 Å². The quantitative estimate of drug-likeness (QED) is 0.671. The molecule has 0 saturated heterocycles. The van der Waals surface area contributed by atoms with Gasteiger partial charge in [0.15, 0.2) is 0 Å². The molecule has 0 fully saturated rings. The van der Waals surface area contributed by atoms with Gasteiger partial charge in [-0.05, 0) is 40.0 Å². The molecule has 3 heteroatoms. The van der Waals surface area contributed by atoms with Gasteiger partial charge in [0.05, 0.1) is 7.43 Å². The standard InChI is InChI=1S/C11H25ClNP/c1-7-11(8-2,9-3)14(12)13-10(4,5)6/h13H,7-9H2,1-6H3. The van der Waals surface area contributed by atoms with Crippen LogP contribution in [0, 0.1) is 0 Å². The molecule has 1 atom stereocenters. The zero-order valence-electron chi connectivity index (χ0n) is 10.4. The smallest absolute Gasteiger partial charge is 0.0666 e. The Balaban J connectivity index is 4.52. The molecule has 0 radical (unpaired) electrons. The summed E-state index contributed by atoms with van der Waals surface area (Å²) in [7, 11) is -0.594. The Bertz CT molecular complexity index is 153. The highest BCUT2D eigenvalue weighted by atomic mass is 35.7. The summed E-state index contributed by atoms with van der Waals surface area (Å²) in [6, 6.07) is 0. The maximum absolute atomic E-state index is 6.54. The van der Waals surface area contributed by atoms with Crippen molar-refractivity contribution in [2.45, 2.75) is 71.5 Å². The van der Waals surface area contributed by atoms with Crippen LogP contribution in [-0.4, -0.2) is 10.7 Å². The fourth-order valence-corrected chi connectivity index (χ4v) is 5.07. The zero-order valence-corrected chi connectivity index (χ0v) is 12.1. The van der Waals surface area contributed by atoms with Gasteiger partial charge < -0.3 is 0 Å². The highest BCUT2D eigenvalue weighted by Gasteiger charge is 2.34. The van der Waals surface area contributed by atoms with E-state index in [1.165, 1.54) is 0 Å². The lowest BCUT2D eigenvalue weighted by Gasteiger charge is -2.39. The summed E-state index contributed by atoms with van der Waals surface area (Å²) >= 11 is 6.54. The molecule has 0 aromatic heterocycles. The Labute approximate surface area is 95.6 Å². The molecule has 0 bridgehead atoms. The van der Waals surface area contributed by atoms with Crippen LogP contribution in [-0.2, 0) is 0 Å². The van der Waals surface area contributed by atoms with Gasteiger partial charge in [-0.3, -0.25) is 5.09 Å². The summed E-state index contributed by atoms with van der Waals surface area (Å²) in [6.07, 6.45) is 3.49. The number of rotatable bonds is 5. The molecular formula is C11H25ClNP. The van der Waals surface area contributed by atoms with Gasteiger partial charge in [0.25, 0.3) is 0 Å². The van der Waals surface area contributed by atoms with Gasteiger partial charge in [-0.1, -0.05) is 32.0 Å². The predicted octanol–water partition coefficient (Wildman–Crippen LogP) is 4.89. The third-order valence-electron chi connectivity index (χ3n) is 2.82. The molecule has 0 aliphatic carbocycles. The van der Waals surface area contributed by atoms with E-state index in [4.69, 9.17) is 11.2 Å². The molecule has 0 aliphatic rings. The summed E-state index contributed by atoms with van der Waals surface area (Å²) in [5.74, 6) is 0. The van der Waals surface area contributed by atoms with E-state index in [0.29, 0.717) is 5.16 Å². The van der Waals surface area contributed by atoms with Crippen molar-refractivity contribution in [3.63, 3.8) is 0 Å². The third kappa shape index (κ3) is 4.04. The van der Waals surface area contributed by atoms with Crippen molar-refractivity contribution in [1.82, 2.24) is 5.09 Å². The molecule has 1 unspecified atom stereocenters. The lowest BCUT2D eigenvalue weighted by Crippen LogP contribution is -2.37. The number of halogens is 1. The maximum Gasteiger partial charge on any atom is 0.0666 e. The van der Waals surface area contributed by atoms with E-state index >= 15 is 0 Å². The molecule has 0 rings (SSSR count). The average molecular weight is 238 g/mol. The first-order chi connectivity index (χ1) is 6.31. The third-order valence-corrected chi connectivity index (χ3v) is 6.80. The Hall–Kier alpha value is 0.680. The molecule has 14 heavy (non-hydrogen) atoms. The molecule has 1 N–H and O–H groups in total. The average Bonchev–Trinajstić information content (AvgIpc) is 2.05. The van der Waals surface area contributed by atoms with Crippen LogP contribution in [0.25, 0.3) is 0 Å². The highest BCUT2D eigenvalue weighted by Crippen LogP contribution is 2.57. The van der Waals surface area contributed by atoms with Crippen molar-refractivity contribution in [3.05, 3.63) is 0 Å². The van der Waals surface area contributed by atoms with Crippen molar-refractivity contribution in [2.24, 2.45) is 0 Å². The molecule has 0 aromatic carbocycles. The van der Waals surface area contributed by atoms with Gasteiger partial charge in [-0.15, -0.1) is 0 Å². The van der Waals surface area contributed by atoms with Crippen molar-refractivity contribution >= 4 is 18.7 Å². The lowest BCUT2D eigenvalue weighted by molar-refractivity contribution is 0.485. The van der Waals surface area contributed by atoms with Gasteiger partial charge in [-0.2, -0.15) is 0 Å². The first-order valence-electron chi connectivity index (χ1n) is 5.55. The van der Waals surface area contributed by atoms with E-state index in [0.717, 1.165) is 19.3 Å². The minimum Gasteiger partial charge on any atom is -0.278 e. The molecular weight excluding hydrogens is 213 g/mol. The molecule has 0 aromatic rings. The summed E-state index contributed by atoms with van der Waals surface area (Å²) in [6.45, 7) is 13.3. The number of hydrogen-bond donors (Lipinski definition) is 1. The SMILES string of the molecule is CCC(CC)(CC)P(Cl)NC(C)(C)C. The van der Waals surface area contributed by atoms with Crippen molar-refractivity contribution in [2.75, 3.05) is 0 Å². The van der Waals surface area contributed by atoms with E-state index in [9.17, 15) is 0 Å². The Morgan fingerprint density at radius 3 is 1.57 bits per heavy atom. The predicted molar refractivity (Wildman–Crippen MR) is 69.3 cm³/mol. The van der Waals surface area contributed by atoms with Crippen molar-refractivity contribution < 1.29 is 0 Å². The van der Waals surface area contributed by atoms with Crippen LogP contribution in [0.4, 0.5) is 0 Å². The van der Waals surface area contributed by atoms with Crippen LogP contribution in [0.1, 0.15) is 60.8 Å². The second kappa shape index (κ2) is 5.68. The van der Waals surface area contributed by atoms with Crippen LogP contribution in [0.15, 0.2) is 0 Å². The van der Waals surface area contributed by atoms with Gasteiger partial charge in [0.2, 0.25) is 0 Å². The topological polar surface area (TPSA) is 12.0 Å². The molecule has 0 spiro atoms. The van der Waals surface area contributed by atoms with Crippen molar-refractivity contribution in [3.8, 4) is 0 Å². The van der Waals surface area contributed by atoms with Crippen molar-refractivity contribution in [1.29, 1.82) is 0 Å². The first-order valence-corrected chi connectivity index (χ1v) is 7.79. The van der Waals surface area contributed by atoms with Gasteiger partial charge in [-0.25, -0.2) is 0 Å². The summed E-state index contributed by atoms with van der Waals surface area (Å²) in [5, 5.41) is 3.85. The fourth-order valence-electron chi connectivity index (χ4n) is 1.58. The molecule has 86 valence electrons. The zero-order chi connectivity index (χ0) is 11.4. The summed E-state index contributed by atoms with van der Waals surface area (Å²) in [4.78, 5) is 0. The molecule has 0 aliphatic heterocycles. The Morgan fingerprint density at radius 2 is 1.36 bits per heavy atom. The Kier molecular flexibility index (Phi) is 5.95.